The third kappa shape index (κ3) is 4.87. The number of nitrogens with one attached hydrogen (secondary N) is 2. The topological polar surface area (TPSA) is 84.9 Å². The van der Waals surface area contributed by atoms with Crippen molar-refractivity contribution in [1.29, 1.82) is 0 Å². The number of anilines is 2. The van der Waals surface area contributed by atoms with E-state index in [0.717, 1.165) is 18.7 Å². The second-order valence-corrected chi connectivity index (χ2v) is 4.32. The van der Waals surface area contributed by atoms with E-state index < -0.39 is 0 Å². The minimum atomic E-state index is 0.325. The van der Waals surface area contributed by atoms with E-state index in [9.17, 15) is 0 Å². The third-order valence-electron chi connectivity index (χ3n) is 2.54. The molecule has 2 heterocycles. The van der Waals surface area contributed by atoms with Gasteiger partial charge in [-0.25, -0.2) is 0 Å². The minimum Gasteiger partial charge on any atom is -0.463 e. The number of nitrogens with zero attached hydrogens (tertiary/aromatic N) is 4. The summed E-state index contributed by atoms with van der Waals surface area (Å²) in [6, 6.07) is 6.09. The number of hydrogen-bond donors (Lipinski definition) is 2. The maximum Gasteiger partial charge on any atom is 0.323 e. The van der Waals surface area contributed by atoms with Gasteiger partial charge in [-0.05, 0) is 25.5 Å². The van der Waals surface area contributed by atoms with Crippen LogP contribution >= 0.6 is 0 Å². The van der Waals surface area contributed by atoms with Crippen LogP contribution in [0, 0.1) is 0 Å². The van der Waals surface area contributed by atoms with E-state index in [0.29, 0.717) is 31.1 Å². The molecule has 7 heteroatoms. The molecule has 0 aliphatic carbocycles. The zero-order chi connectivity index (χ0) is 14.9. The summed E-state index contributed by atoms with van der Waals surface area (Å²) in [5, 5.41) is 6.20. The van der Waals surface area contributed by atoms with Crippen molar-refractivity contribution in [3.05, 3.63) is 30.1 Å². The molecule has 0 saturated heterocycles. The molecule has 2 rings (SSSR count). The van der Waals surface area contributed by atoms with Gasteiger partial charge >= 0.3 is 6.01 Å². The van der Waals surface area contributed by atoms with Gasteiger partial charge in [-0.15, -0.1) is 0 Å². The van der Waals surface area contributed by atoms with Crippen LogP contribution in [0.15, 0.2) is 24.4 Å². The highest BCUT2D eigenvalue weighted by Crippen LogP contribution is 2.12. The highest BCUT2D eigenvalue weighted by atomic mass is 16.5. The molecule has 0 fully saturated rings. The van der Waals surface area contributed by atoms with Crippen molar-refractivity contribution >= 4 is 11.9 Å². The average Bonchev–Trinajstić information content (AvgIpc) is 2.52. The predicted octanol–water partition coefficient (Wildman–Crippen LogP) is 2.10. The fourth-order valence-electron chi connectivity index (χ4n) is 1.60. The van der Waals surface area contributed by atoms with Gasteiger partial charge in [-0.2, -0.15) is 15.0 Å². The second-order valence-electron chi connectivity index (χ2n) is 4.32. The summed E-state index contributed by atoms with van der Waals surface area (Å²) in [7, 11) is 0. The van der Waals surface area contributed by atoms with Crippen molar-refractivity contribution in [2.75, 3.05) is 23.8 Å². The van der Waals surface area contributed by atoms with Gasteiger partial charge in [-0.1, -0.05) is 13.0 Å². The summed E-state index contributed by atoms with van der Waals surface area (Å²) in [4.78, 5) is 17.0. The molecule has 0 saturated carbocycles. The Labute approximate surface area is 124 Å². The van der Waals surface area contributed by atoms with Crippen molar-refractivity contribution in [3.63, 3.8) is 0 Å². The quantitative estimate of drug-likeness (QED) is 0.769. The van der Waals surface area contributed by atoms with E-state index in [4.69, 9.17) is 4.74 Å². The zero-order valence-corrected chi connectivity index (χ0v) is 12.3. The lowest BCUT2D eigenvalue weighted by Gasteiger charge is -2.09. The maximum absolute atomic E-state index is 5.48. The fourth-order valence-corrected chi connectivity index (χ4v) is 1.60. The molecule has 0 unspecified atom stereocenters. The number of aromatic nitrogens is 4. The van der Waals surface area contributed by atoms with Gasteiger partial charge < -0.3 is 15.4 Å². The van der Waals surface area contributed by atoms with Crippen molar-refractivity contribution in [1.82, 2.24) is 19.9 Å². The van der Waals surface area contributed by atoms with E-state index in [1.165, 1.54) is 0 Å². The number of pyridine rings is 1. The maximum atomic E-state index is 5.48. The molecule has 0 aromatic carbocycles. The molecule has 0 bridgehead atoms. The Morgan fingerprint density at radius 1 is 1.05 bits per heavy atom. The van der Waals surface area contributed by atoms with Gasteiger partial charge in [0.1, 0.15) is 0 Å². The lowest BCUT2D eigenvalue weighted by atomic mass is 10.3. The van der Waals surface area contributed by atoms with E-state index in [1.807, 2.05) is 32.0 Å². The average molecular weight is 288 g/mol. The summed E-state index contributed by atoms with van der Waals surface area (Å²) >= 11 is 0. The molecule has 2 aromatic rings. The molecular formula is C14H20N6O. The molecule has 0 aliphatic rings. The smallest absolute Gasteiger partial charge is 0.323 e. The second kappa shape index (κ2) is 7.98. The van der Waals surface area contributed by atoms with E-state index in [1.54, 1.807) is 6.20 Å². The monoisotopic (exact) mass is 288 g/mol. The summed E-state index contributed by atoms with van der Waals surface area (Å²) in [5.41, 5.74) is 0.916. The third-order valence-corrected chi connectivity index (χ3v) is 2.54. The molecule has 7 nitrogen and oxygen atoms in total. The number of ether oxygens (including phenoxy) is 1. The van der Waals surface area contributed by atoms with Crippen LogP contribution in [0.4, 0.5) is 11.9 Å². The van der Waals surface area contributed by atoms with E-state index in [-0.39, 0.29) is 0 Å². The predicted molar refractivity (Wildman–Crippen MR) is 81.3 cm³/mol. The van der Waals surface area contributed by atoms with Crippen LogP contribution in [0.5, 0.6) is 6.01 Å². The summed E-state index contributed by atoms with van der Waals surface area (Å²) in [6.45, 7) is 5.87. The van der Waals surface area contributed by atoms with Crippen molar-refractivity contribution in [2.24, 2.45) is 0 Å². The SMILES string of the molecule is CCCOc1nc(NCC)nc(NCc2ccccn2)n1. The highest BCUT2D eigenvalue weighted by molar-refractivity contribution is 5.36. The Morgan fingerprint density at radius 3 is 2.52 bits per heavy atom. The number of hydrogen-bond acceptors (Lipinski definition) is 7. The van der Waals surface area contributed by atoms with Crippen LogP contribution in [-0.4, -0.2) is 33.1 Å². The molecule has 2 aromatic heterocycles. The minimum absolute atomic E-state index is 0.325. The van der Waals surface area contributed by atoms with Crippen LogP contribution in [0.3, 0.4) is 0 Å². The Balaban J connectivity index is 2.07. The first-order valence-corrected chi connectivity index (χ1v) is 7.08. The largest absolute Gasteiger partial charge is 0.463 e. The van der Waals surface area contributed by atoms with Crippen LogP contribution < -0.4 is 15.4 Å². The Kier molecular flexibility index (Phi) is 5.69. The van der Waals surface area contributed by atoms with Crippen LogP contribution in [0.2, 0.25) is 0 Å². The van der Waals surface area contributed by atoms with E-state index in [2.05, 4.69) is 30.6 Å². The van der Waals surface area contributed by atoms with Crippen LogP contribution in [0.25, 0.3) is 0 Å². The van der Waals surface area contributed by atoms with Gasteiger partial charge in [0.15, 0.2) is 0 Å². The Hall–Kier alpha value is -2.44. The molecule has 0 amide bonds. The number of rotatable bonds is 8. The van der Waals surface area contributed by atoms with Gasteiger partial charge in [0.05, 0.1) is 18.8 Å². The van der Waals surface area contributed by atoms with Gasteiger partial charge in [0.2, 0.25) is 11.9 Å². The summed E-state index contributed by atoms with van der Waals surface area (Å²) < 4.78 is 5.48. The first kappa shape index (κ1) is 15.0. The van der Waals surface area contributed by atoms with Crippen LogP contribution in [-0.2, 0) is 6.54 Å². The standard InChI is InChI=1S/C14H20N6O/c1-3-9-21-14-19-12(15-4-2)18-13(20-14)17-10-11-7-5-6-8-16-11/h5-8H,3-4,9-10H2,1-2H3,(H2,15,17,18,19,20). The molecule has 0 aliphatic heterocycles. The van der Waals surface area contributed by atoms with Gasteiger partial charge in [0.25, 0.3) is 0 Å². The fraction of sp³-hybridized carbons (Fsp3) is 0.429. The van der Waals surface area contributed by atoms with E-state index >= 15 is 0 Å². The Bertz CT molecular complexity index is 548. The van der Waals surface area contributed by atoms with Gasteiger partial charge in [-0.3, -0.25) is 4.98 Å². The Morgan fingerprint density at radius 2 is 1.86 bits per heavy atom. The normalized spacial score (nSPS) is 10.2. The zero-order valence-electron chi connectivity index (χ0n) is 12.3. The van der Waals surface area contributed by atoms with Crippen molar-refractivity contribution in [2.45, 2.75) is 26.8 Å². The summed E-state index contributed by atoms with van der Waals surface area (Å²) in [6.07, 6.45) is 2.66. The summed E-state index contributed by atoms with van der Waals surface area (Å²) in [5.74, 6) is 0.972. The van der Waals surface area contributed by atoms with Crippen molar-refractivity contribution < 1.29 is 4.74 Å². The molecule has 0 atom stereocenters. The lowest BCUT2D eigenvalue weighted by Crippen LogP contribution is -2.11. The lowest BCUT2D eigenvalue weighted by molar-refractivity contribution is 0.292. The first-order chi connectivity index (χ1) is 10.3. The molecule has 2 N–H and O–H groups in total. The molecule has 112 valence electrons. The highest BCUT2D eigenvalue weighted by Gasteiger charge is 2.07. The first-order valence-electron chi connectivity index (χ1n) is 7.08. The molecule has 21 heavy (non-hydrogen) atoms. The van der Waals surface area contributed by atoms with Crippen molar-refractivity contribution in [3.8, 4) is 6.01 Å². The molecular weight excluding hydrogens is 268 g/mol. The molecule has 0 spiro atoms. The molecule has 0 radical (unpaired) electrons. The van der Waals surface area contributed by atoms with Gasteiger partial charge in [0, 0.05) is 12.7 Å². The van der Waals surface area contributed by atoms with Crippen LogP contribution in [0.1, 0.15) is 26.0 Å².